The van der Waals surface area contributed by atoms with Crippen LogP contribution in [0.1, 0.15) is 38.3 Å². The highest BCUT2D eigenvalue weighted by molar-refractivity contribution is 7.98. The van der Waals surface area contributed by atoms with E-state index in [2.05, 4.69) is 5.32 Å². The number of ether oxygens (including phenoxy) is 1. The van der Waals surface area contributed by atoms with Gasteiger partial charge in [0.1, 0.15) is 24.2 Å². The van der Waals surface area contributed by atoms with Gasteiger partial charge >= 0.3 is 0 Å². The second kappa shape index (κ2) is 17.2. The highest BCUT2D eigenvalue weighted by Crippen LogP contribution is 2.33. The van der Waals surface area contributed by atoms with Crippen LogP contribution in [-0.2, 0) is 32.6 Å². The molecule has 0 aromatic heterocycles. The van der Waals surface area contributed by atoms with Crippen LogP contribution in [-0.4, -0.2) is 56.6 Å². The molecule has 48 heavy (non-hydrogen) atoms. The molecule has 4 rings (SSSR count). The number of nitrogens with one attached hydrogen (secondary N) is 1. The van der Waals surface area contributed by atoms with Crippen LogP contribution >= 0.6 is 11.8 Å². The maximum Gasteiger partial charge on any atom is 0.264 e. The number of hydrogen-bond donors (Lipinski definition) is 1. The summed E-state index contributed by atoms with van der Waals surface area (Å²) in [5.74, 6) is -1.14. The van der Waals surface area contributed by atoms with E-state index in [0.717, 1.165) is 14.8 Å². The first kappa shape index (κ1) is 36.5. The number of hydrogen-bond acceptors (Lipinski definition) is 6. The summed E-state index contributed by atoms with van der Waals surface area (Å²) >= 11 is 1.48. The number of carbonyl (C=O) groups excluding carboxylic acids is 2. The zero-order chi connectivity index (χ0) is 34.7. The van der Waals surface area contributed by atoms with E-state index >= 15 is 0 Å². The van der Waals surface area contributed by atoms with Crippen molar-refractivity contribution in [2.24, 2.45) is 0 Å². The van der Waals surface area contributed by atoms with Gasteiger partial charge in [-0.25, -0.2) is 12.8 Å². The summed E-state index contributed by atoms with van der Waals surface area (Å²) in [7, 11) is -4.31. The number of carbonyl (C=O) groups is 2. The molecule has 0 spiro atoms. The van der Waals surface area contributed by atoms with Gasteiger partial charge in [-0.15, -0.1) is 11.8 Å². The smallest absolute Gasteiger partial charge is 0.264 e. The van der Waals surface area contributed by atoms with Gasteiger partial charge in [-0.3, -0.25) is 13.9 Å². The third-order valence-electron chi connectivity index (χ3n) is 7.90. The van der Waals surface area contributed by atoms with Gasteiger partial charge in [0.25, 0.3) is 10.0 Å². The Morgan fingerprint density at radius 3 is 2.15 bits per heavy atom. The molecule has 11 heteroatoms. The Bertz CT molecular complexity index is 1750. The van der Waals surface area contributed by atoms with Gasteiger partial charge in [-0.1, -0.05) is 61.5 Å². The number of amides is 2. The third-order valence-corrected chi connectivity index (χ3v) is 10.4. The lowest BCUT2D eigenvalue weighted by molar-refractivity contribution is -0.140. The predicted molar refractivity (Wildman–Crippen MR) is 189 cm³/mol. The molecular formula is C37H42FN3O5S2. The molecule has 0 heterocycles. The van der Waals surface area contributed by atoms with Crippen LogP contribution in [0.4, 0.5) is 10.1 Å². The first-order valence-corrected chi connectivity index (χ1v) is 18.5. The SMILES string of the molecule is CCOc1ccccc1N(CC(=O)N(Cc1ccc(F)cc1)C(Cc1ccccc1)C(=O)NC(C)CC)S(=O)(=O)c1ccc(SC)cc1. The minimum absolute atomic E-state index is 0.000152. The van der Waals surface area contributed by atoms with Crippen molar-refractivity contribution in [3.05, 3.63) is 120 Å². The Hall–Kier alpha value is -4.35. The van der Waals surface area contributed by atoms with Crippen molar-refractivity contribution in [1.82, 2.24) is 10.2 Å². The lowest BCUT2D eigenvalue weighted by atomic mass is 10.0. The Balaban J connectivity index is 1.84. The number of rotatable bonds is 16. The maximum absolute atomic E-state index is 14.7. The zero-order valence-electron chi connectivity index (χ0n) is 27.6. The van der Waals surface area contributed by atoms with E-state index in [1.165, 1.54) is 40.9 Å². The molecule has 4 aromatic carbocycles. The van der Waals surface area contributed by atoms with Crippen molar-refractivity contribution in [3.8, 4) is 5.75 Å². The monoisotopic (exact) mass is 691 g/mol. The summed E-state index contributed by atoms with van der Waals surface area (Å²) < 4.78 is 49.6. The van der Waals surface area contributed by atoms with Gasteiger partial charge in [-0.05, 0) is 86.2 Å². The molecule has 0 saturated carbocycles. The molecule has 0 aliphatic carbocycles. The zero-order valence-corrected chi connectivity index (χ0v) is 29.3. The van der Waals surface area contributed by atoms with Crippen molar-refractivity contribution < 1.29 is 27.1 Å². The Morgan fingerprint density at radius 2 is 1.52 bits per heavy atom. The summed E-state index contributed by atoms with van der Waals surface area (Å²) in [6.45, 7) is 5.20. The van der Waals surface area contributed by atoms with Crippen molar-refractivity contribution in [1.29, 1.82) is 0 Å². The Kier molecular flexibility index (Phi) is 13.0. The van der Waals surface area contributed by atoms with Gasteiger partial charge in [0.05, 0.1) is 17.2 Å². The van der Waals surface area contributed by atoms with Crippen LogP contribution in [0, 0.1) is 5.82 Å². The Morgan fingerprint density at radius 1 is 0.875 bits per heavy atom. The lowest BCUT2D eigenvalue weighted by Gasteiger charge is -2.34. The fraction of sp³-hybridized carbons (Fsp3) is 0.297. The summed E-state index contributed by atoms with van der Waals surface area (Å²) in [6.07, 6.45) is 2.74. The molecule has 2 unspecified atom stereocenters. The van der Waals surface area contributed by atoms with Crippen LogP contribution in [0.2, 0.25) is 0 Å². The number of benzene rings is 4. The topological polar surface area (TPSA) is 96.0 Å². The molecule has 2 amide bonds. The number of nitrogens with zero attached hydrogens (tertiary/aromatic N) is 2. The number of anilines is 1. The minimum Gasteiger partial charge on any atom is -0.492 e. The second-order valence-corrected chi connectivity index (χ2v) is 14.0. The standard InChI is InChI=1S/C37H42FN3O5S2/c1-5-27(3)39-37(43)34(24-28-12-8-7-9-13-28)40(25-29-16-18-30(38)19-17-29)36(42)26-41(33-14-10-11-15-35(33)46-6-2)48(44,45)32-22-20-31(47-4)21-23-32/h7-23,27,34H,5-6,24-26H2,1-4H3,(H,39,43). The van der Waals surface area contributed by atoms with Gasteiger partial charge in [-0.2, -0.15) is 0 Å². The number of halogens is 1. The van der Waals surface area contributed by atoms with E-state index in [1.807, 2.05) is 50.4 Å². The summed E-state index contributed by atoms with van der Waals surface area (Å²) in [6, 6.07) is 26.9. The van der Waals surface area contributed by atoms with E-state index in [0.29, 0.717) is 12.0 Å². The van der Waals surface area contributed by atoms with Gasteiger partial charge in [0.2, 0.25) is 11.8 Å². The van der Waals surface area contributed by atoms with Crippen molar-refractivity contribution in [3.63, 3.8) is 0 Å². The van der Waals surface area contributed by atoms with E-state index in [-0.39, 0.29) is 47.9 Å². The fourth-order valence-corrected chi connectivity index (χ4v) is 6.94. The average Bonchev–Trinajstić information content (AvgIpc) is 3.10. The van der Waals surface area contributed by atoms with Crippen molar-refractivity contribution >= 4 is 39.3 Å². The molecule has 8 nitrogen and oxygen atoms in total. The quantitative estimate of drug-likeness (QED) is 0.132. The third kappa shape index (κ3) is 9.38. The van der Waals surface area contributed by atoms with Crippen LogP contribution < -0.4 is 14.4 Å². The van der Waals surface area contributed by atoms with Crippen LogP contribution in [0.25, 0.3) is 0 Å². The van der Waals surface area contributed by atoms with Gasteiger partial charge < -0.3 is 15.0 Å². The number of para-hydroxylation sites is 2. The van der Waals surface area contributed by atoms with Crippen LogP contribution in [0.5, 0.6) is 5.75 Å². The van der Waals surface area contributed by atoms with E-state index in [9.17, 15) is 22.4 Å². The van der Waals surface area contributed by atoms with Crippen LogP contribution in [0.3, 0.4) is 0 Å². The van der Waals surface area contributed by atoms with Crippen LogP contribution in [0.15, 0.2) is 113 Å². The van der Waals surface area contributed by atoms with E-state index in [4.69, 9.17) is 4.74 Å². The first-order chi connectivity index (χ1) is 23.1. The maximum atomic E-state index is 14.7. The average molecular weight is 692 g/mol. The van der Waals surface area contributed by atoms with E-state index < -0.39 is 34.3 Å². The lowest BCUT2D eigenvalue weighted by Crippen LogP contribution is -2.54. The number of thioether (sulfide) groups is 1. The molecular weight excluding hydrogens is 650 g/mol. The summed E-state index contributed by atoms with van der Waals surface area (Å²) in [5, 5.41) is 3.01. The predicted octanol–water partition coefficient (Wildman–Crippen LogP) is 6.70. The summed E-state index contributed by atoms with van der Waals surface area (Å²) in [4.78, 5) is 30.9. The molecule has 0 fully saturated rings. The normalized spacial score (nSPS) is 12.5. The van der Waals surface area contributed by atoms with Gasteiger partial charge in [0, 0.05) is 23.9 Å². The molecule has 0 radical (unpaired) electrons. The highest BCUT2D eigenvalue weighted by atomic mass is 32.2. The summed E-state index contributed by atoms with van der Waals surface area (Å²) in [5.41, 5.74) is 1.58. The highest BCUT2D eigenvalue weighted by Gasteiger charge is 2.36. The van der Waals surface area contributed by atoms with Crippen molar-refractivity contribution in [2.45, 2.75) is 62.0 Å². The van der Waals surface area contributed by atoms with Gasteiger partial charge in [0.15, 0.2) is 0 Å². The molecule has 1 N–H and O–H groups in total. The molecule has 0 aliphatic heterocycles. The Labute approximate surface area is 287 Å². The second-order valence-electron chi connectivity index (χ2n) is 11.3. The molecule has 0 bridgehead atoms. The van der Waals surface area contributed by atoms with E-state index in [1.54, 1.807) is 55.5 Å². The van der Waals surface area contributed by atoms with Crippen molar-refractivity contribution in [2.75, 3.05) is 23.7 Å². The molecule has 4 aromatic rings. The molecule has 0 aliphatic rings. The largest absolute Gasteiger partial charge is 0.492 e. The molecule has 2 atom stereocenters. The fourth-order valence-electron chi connectivity index (χ4n) is 5.11. The number of sulfonamides is 1. The first-order valence-electron chi connectivity index (χ1n) is 15.8. The molecule has 254 valence electrons. The molecule has 0 saturated heterocycles. The minimum atomic E-state index is -4.31.